The number of carbonyl (C=O) groups excluding carboxylic acids is 1. The van der Waals surface area contributed by atoms with Gasteiger partial charge in [0.25, 0.3) is 0 Å². The summed E-state index contributed by atoms with van der Waals surface area (Å²) >= 11 is 0. The first-order valence-electron chi connectivity index (χ1n) is 8.04. The number of nitrogens with zero attached hydrogens (tertiary/aromatic N) is 1. The molecule has 1 saturated heterocycles. The Kier molecular flexibility index (Phi) is 4.52. The molecule has 1 aliphatic carbocycles. The van der Waals surface area contributed by atoms with Crippen LogP contribution < -0.4 is 10.1 Å². The first-order valence-corrected chi connectivity index (χ1v) is 8.04. The Hall–Kier alpha value is -1.75. The minimum Gasteiger partial charge on any atom is -0.504 e. The van der Waals surface area contributed by atoms with Gasteiger partial charge in [0.15, 0.2) is 11.5 Å². The summed E-state index contributed by atoms with van der Waals surface area (Å²) in [6.07, 6.45) is 4.14. The van der Waals surface area contributed by atoms with Gasteiger partial charge in [0.05, 0.1) is 7.11 Å². The van der Waals surface area contributed by atoms with E-state index in [0.29, 0.717) is 17.7 Å². The number of amides is 1. The second kappa shape index (κ2) is 6.57. The molecule has 0 atom stereocenters. The molecule has 1 aromatic rings. The number of carbonyl (C=O) groups is 1. The molecule has 1 saturated carbocycles. The van der Waals surface area contributed by atoms with Crippen molar-refractivity contribution in [2.75, 3.05) is 20.2 Å². The van der Waals surface area contributed by atoms with Gasteiger partial charge in [-0.3, -0.25) is 9.69 Å². The standard InChI is InChI=1S/C17H24N2O3/c1-22-16-10-12(2-5-15(16)20)11-19-8-6-14(7-9-19)18-17(21)13-3-4-13/h2,5,10,13-14,20H,3-4,6-9,11H2,1H3,(H,18,21). The van der Waals surface area contributed by atoms with Crippen LogP contribution in [-0.2, 0) is 11.3 Å². The summed E-state index contributed by atoms with van der Waals surface area (Å²) in [5.41, 5.74) is 1.13. The second-order valence-electron chi connectivity index (χ2n) is 6.34. The van der Waals surface area contributed by atoms with Crippen molar-refractivity contribution in [3.8, 4) is 11.5 Å². The van der Waals surface area contributed by atoms with Crippen molar-refractivity contribution >= 4 is 5.91 Å². The normalized spacial score (nSPS) is 19.9. The van der Waals surface area contributed by atoms with Gasteiger partial charge in [-0.25, -0.2) is 0 Å². The lowest BCUT2D eigenvalue weighted by Gasteiger charge is -2.32. The lowest BCUT2D eigenvalue weighted by atomic mass is 10.0. The maximum atomic E-state index is 11.8. The first-order chi connectivity index (χ1) is 10.7. The zero-order valence-corrected chi connectivity index (χ0v) is 13.0. The minimum absolute atomic E-state index is 0.174. The van der Waals surface area contributed by atoms with Crippen molar-refractivity contribution in [3.05, 3.63) is 23.8 Å². The van der Waals surface area contributed by atoms with Crippen LogP contribution in [-0.4, -0.2) is 42.2 Å². The molecule has 22 heavy (non-hydrogen) atoms. The summed E-state index contributed by atoms with van der Waals surface area (Å²) in [6.45, 7) is 2.82. The van der Waals surface area contributed by atoms with E-state index in [1.807, 2.05) is 12.1 Å². The summed E-state index contributed by atoms with van der Waals surface area (Å²) in [5, 5.41) is 12.8. The van der Waals surface area contributed by atoms with Gasteiger partial charge < -0.3 is 15.2 Å². The molecule has 120 valence electrons. The molecule has 2 fully saturated rings. The molecule has 2 aliphatic rings. The zero-order chi connectivity index (χ0) is 15.5. The molecule has 5 heteroatoms. The summed E-state index contributed by atoms with van der Waals surface area (Å²) in [5.74, 6) is 1.24. The molecule has 2 N–H and O–H groups in total. The van der Waals surface area contributed by atoms with Gasteiger partial charge in [-0.1, -0.05) is 6.07 Å². The van der Waals surface area contributed by atoms with Crippen molar-refractivity contribution < 1.29 is 14.6 Å². The Morgan fingerprint density at radius 3 is 2.68 bits per heavy atom. The van der Waals surface area contributed by atoms with Crippen LogP contribution >= 0.6 is 0 Å². The summed E-state index contributed by atoms with van der Waals surface area (Å²) in [4.78, 5) is 14.2. The van der Waals surface area contributed by atoms with E-state index in [1.54, 1.807) is 13.2 Å². The fraction of sp³-hybridized carbons (Fsp3) is 0.588. The van der Waals surface area contributed by atoms with Crippen molar-refractivity contribution in [2.24, 2.45) is 5.92 Å². The Morgan fingerprint density at radius 1 is 1.32 bits per heavy atom. The zero-order valence-electron chi connectivity index (χ0n) is 13.0. The number of phenols is 1. The molecule has 0 spiro atoms. The van der Waals surface area contributed by atoms with Gasteiger partial charge in [0.1, 0.15) is 0 Å². The lowest BCUT2D eigenvalue weighted by molar-refractivity contribution is -0.123. The molecule has 1 amide bonds. The van der Waals surface area contributed by atoms with Gasteiger partial charge in [-0.2, -0.15) is 0 Å². The van der Waals surface area contributed by atoms with E-state index in [1.165, 1.54) is 0 Å². The molecule has 0 bridgehead atoms. The van der Waals surface area contributed by atoms with Crippen LogP contribution in [0.15, 0.2) is 18.2 Å². The molecule has 5 nitrogen and oxygen atoms in total. The topological polar surface area (TPSA) is 61.8 Å². The van der Waals surface area contributed by atoms with Crippen LogP contribution in [0.25, 0.3) is 0 Å². The van der Waals surface area contributed by atoms with Crippen LogP contribution in [0.1, 0.15) is 31.2 Å². The number of benzene rings is 1. The molecule has 1 aromatic carbocycles. The second-order valence-corrected chi connectivity index (χ2v) is 6.34. The average molecular weight is 304 g/mol. The molecule has 0 radical (unpaired) electrons. The lowest BCUT2D eigenvalue weighted by Crippen LogP contribution is -2.44. The Balaban J connectivity index is 1.48. The molecule has 0 unspecified atom stereocenters. The monoisotopic (exact) mass is 304 g/mol. The van der Waals surface area contributed by atoms with Crippen LogP contribution in [0.2, 0.25) is 0 Å². The number of hydrogen-bond acceptors (Lipinski definition) is 4. The third kappa shape index (κ3) is 3.71. The van der Waals surface area contributed by atoms with E-state index in [0.717, 1.165) is 50.9 Å². The summed E-state index contributed by atoms with van der Waals surface area (Å²) in [7, 11) is 1.56. The minimum atomic E-state index is 0.174. The number of ether oxygens (including phenoxy) is 1. The summed E-state index contributed by atoms with van der Waals surface area (Å²) in [6, 6.07) is 5.82. The third-order valence-corrected chi connectivity index (χ3v) is 4.53. The highest BCUT2D eigenvalue weighted by atomic mass is 16.5. The molecule has 0 aromatic heterocycles. The van der Waals surface area contributed by atoms with Gasteiger partial charge in [-0.05, 0) is 43.4 Å². The predicted octanol–water partition coefficient (Wildman–Crippen LogP) is 1.89. The van der Waals surface area contributed by atoms with Gasteiger partial charge >= 0.3 is 0 Å². The van der Waals surface area contributed by atoms with Crippen molar-refractivity contribution in [1.29, 1.82) is 0 Å². The van der Waals surface area contributed by atoms with E-state index in [9.17, 15) is 9.90 Å². The quantitative estimate of drug-likeness (QED) is 0.872. The third-order valence-electron chi connectivity index (χ3n) is 4.53. The number of hydrogen-bond donors (Lipinski definition) is 2. The highest BCUT2D eigenvalue weighted by Gasteiger charge is 2.31. The highest BCUT2D eigenvalue weighted by molar-refractivity contribution is 5.81. The predicted molar refractivity (Wildman–Crippen MR) is 83.8 cm³/mol. The number of piperidine rings is 1. The van der Waals surface area contributed by atoms with Crippen LogP contribution in [0.3, 0.4) is 0 Å². The van der Waals surface area contributed by atoms with Crippen LogP contribution in [0.4, 0.5) is 0 Å². The number of aromatic hydroxyl groups is 1. The van der Waals surface area contributed by atoms with E-state index in [4.69, 9.17) is 4.74 Å². The van der Waals surface area contributed by atoms with Crippen LogP contribution in [0, 0.1) is 5.92 Å². The fourth-order valence-corrected chi connectivity index (χ4v) is 2.98. The number of phenolic OH excluding ortho intramolecular Hbond substituents is 1. The van der Waals surface area contributed by atoms with Crippen molar-refractivity contribution in [2.45, 2.75) is 38.3 Å². The van der Waals surface area contributed by atoms with Crippen molar-refractivity contribution in [1.82, 2.24) is 10.2 Å². The number of likely N-dealkylation sites (tertiary alicyclic amines) is 1. The van der Waals surface area contributed by atoms with E-state index in [2.05, 4.69) is 10.2 Å². The molecular weight excluding hydrogens is 280 g/mol. The SMILES string of the molecule is COc1cc(CN2CCC(NC(=O)C3CC3)CC2)ccc1O. The fourth-order valence-electron chi connectivity index (χ4n) is 2.98. The first kappa shape index (κ1) is 15.2. The average Bonchev–Trinajstić information content (AvgIpc) is 3.36. The molecule has 3 rings (SSSR count). The van der Waals surface area contributed by atoms with Crippen molar-refractivity contribution in [3.63, 3.8) is 0 Å². The number of rotatable bonds is 5. The largest absolute Gasteiger partial charge is 0.504 e. The number of methoxy groups -OCH3 is 1. The van der Waals surface area contributed by atoms with Gasteiger partial charge in [-0.15, -0.1) is 0 Å². The van der Waals surface area contributed by atoms with Gasteiger partial charge in [0.2, 0.25) is 5.91 Å². The Morgan fingerprint density at radius 2 is 2.05 bits per heavy atom. The molecular formula is C17H24N2O3. The molecule has 1 aliphatic heterocycles. The molecule has 1 heterocycles. The Bertz CT molecular complexity index is 535. The number of nitrogens with one attached hydrogen (secondary N) is 1. The highest BCUT2D eigenvalue weighted by Crippen LogP contribution is 2.30. The van der Waals surface area contributed by atoms with E-state index in [-0.39, 0.29) is 11.7 Å². The maximum Gasteiger partial charge on any atom is 0.223 e. The Labute approximate surface area is 131 Å². The van der Waals surface area contributed by atoms with Gasteiger partial charge in [0, 0.05) is 31.6 Å². The van der Waals surface area contributed by atoms with Crippen LogP contribution in [0.5, 0.6) is 11.5 Å². The summed E-state index contributed by atoms with van der Waals surface area (Å²) < 4.78 is 5.15. The maximum absolute atomic E-state index is 11.8. The van der Waals surface area contributed by atoms with E-state index >= 15 is 0 Å². The smallest absolute Gasteiger partial charge is 0.223 e. The van der Waals surface area contributed by atoms with E-state index < -0.39 is 0 Å².